The van der Waals surface area contributed by atoms with E-state index < -0.39 is 0 Å². The van der Waals surface area contributed by atoms with Crippen molar-refractivity contribution in [3.63, 3.8) is 0 Å². The molecule has 1 unspecified atom stereocenters. The van der Waals surface area contributed by atoms with E-state index in [1.807, 2.05) is 6.07 Å². The Bertz CT molecular complexity index is 413. The van der Waals surface area contributed by atoms with Crippen molar-refractivity contribution in [2.24, 2.45) is 11.8 Å². The Morgan fingerprint density at radius 1 is 1.32 bits per heavy atom. The van der Waals surface area contributed by atoms with E-state index in [1.54, 1.807) is 12.1 Å². The monoisotopic (exact) mass is 375 g/mol. The van der Waals surface area contributed by atoms with Crippen LogP contribution in [0.3, 0.4) is 0 Å². The zero-order valence-corrected chi connectivity index (χ0v) is 13.9. The molecule has 1 aromatic rings. The van der Waals surface area contributed by atoms with Gasteiger partial charge in [0.25, 0.3) is 0 Å². The molecule has 0 saturated heterocycles. The molecule has 0 aromatic heterocycles. The molecule has 3 heteroatoms. The zero-order chi connectivity index (χ0) is 13.8. The fraction of sp³-hybridized carbons (Fsp3) is 0.625. The Hall–Kier alpha value is -0.160. The molecule has 1 fully saturated rings. The number of nitrogens with one attached hydrogen (secondary N) is 1. The Balaban J connectivity index is 2.19. The van der Waals surface area contributed by atoms with Crippen molar-refractivity contribution in [3.8, 4) is 0 Å². The summed E-state index contributed by atoms with van der Waals surface area (Å²) in [5, 5.41) is 3.62. The van der Waals surface area contributed by atoms with Crippen LogP contribution in [0, 0.1) is 21.2 Å². The summed E-state index contributed by atoms with van der Waals surface area (Å²) in [6, 6.07) is 5.58. The molecule has 0 radical (unpaired) electrons. The molecule has 1 atom stereocenters. The molecule has 1 nitrogen and oxygen atoms in total. The second-order valence-electron chi connectivity index (χ2n) is 5.72. The smallest absolute Gasteiger partial charge is 0.124 e. The molecule has 0 bridgehead atoms. The van der Waals surface area contributed by atoms with Gasteiger partial charge in [-0.1, -0.05) is 32.8 Å². The quantitative estimate of drug-likeness (QED) is 0.738. The van der Waals surface area contributed by atoms with Crippen LogP contribution in [0.25, 0.3) is 0 Å². The predicted octanol–water partition coefficient (Wildman–Crippen LogP) is 4.91. The van der Waals surface area contributed by atoms with Crippen LogP contribution in [-0.2, 0) is 0 Å². The van der Waals surface area contributed by atoms with E-state index in [9.17, 15) is 4.39 Å². The largest absolute Gasteiger partial charge is 0.310 e. The van der Waals surface area contributed by atoms with Crippen molar-refractivity contribution in [2.45, 2.75) is 45.6 Å². The maximum Gasteiger partial charge on any atom is 0.124 e. The fourth-order valence-electron chi connectivity index (χ4n) is 3.12. The van der Waals surface area contributed by atoms with Crippen molar-refractivity contribution >= 4 is 22.6 Å². The van der Waals surface area contributed by atoms with Gasteiger partial charge in [-0.05, 0) is 71.5 Å². The van der Waals surface area contributed by atoms with Crippen molar-refractivity contribution in [2.75, 3.05) is 6.54 Å². The minimum Gasteiger partial charge on any atom is -0.310 e. The number of rotatable bonds is 4. The molecule has 0 heterocycles. The second kappa shape index (κ2) is 7.02. The Kier molecular flexibility index (Phi) is 5.63. The van der Waals surface area contributed by atoms with E-state index in [-0.39, 0.29) is 5.82 Å². The van der Waals surface area contributed by atoms with E-state index in [4.69, 9.17) is 0 Å². The first kappa shape index (κ1) is 15.2. The molecule has 1 aliphatic rings. The molecular formula is C16H23FIN. The van der Waals surface area contributed by atoms with Crippen molar-refractivity contribution in [1.82, 2.24) is 5.32 Å². The van der Waals surface area contributed by atoms with Crippen LogP contribution in [0.4, 0.5) is 4.39 Å². The standard InChI is InChI=1S/C16H23FIN/c1-3-19-16(12-6-4-11(2)5-7-12)14-9-8-13(17)10-15(14)18/h8-12,16,19H,3-7H2,1-2H3. The van der Waals surface area contributed by atoms with Gasteiger partial charge in [0.15, 0.2) is 0 Å². The molecule has 1 aliphatic carbocycles. The first-order chi connectivity index (χ1) is 9.11. The van der Waals surface area contributed by atoms with Crippen LogP contribution in [0.1, 0.15) is 51.1 Å². The third-order valence-corrected chi connectivity index (χ3v) is 5.19. The first-order valence-electron chi connectivity index (χ1n) is 7.30. The summed E-state index contributed by atoms with van der Waals surface area (Å²) < 4.78 is 14.3. The number of hydrogen-bond donors (Lipinski definition) is 1. The minimum absolute atomic E-state index is 0.138. The Labute approximate surface area is 129 Å². The summed E-state index contributed by atoms with van der Waals surface area (Å²) in [7, 11) is 0. The van der Waals surface area contributed by atoms with Gasteiger partial charge in [-0.2, -0.15) is 0 Å². The highest BCUT2D eigenvalue weighted by atomic mass is 127. The van der Waals surface area contributed by atoms with E-state index >= 15 is 0 Å². The van der Waals surface area contributed by atoms with Gasteiger partial charge in [-0.15, -0.1) is 0 Å². The van der Waals surface area contributed by atoms with Gasteiger partial charge in [0.1, 0.15) is 5.82 Å². The van der Waals surface area contributed by atoms with Crippen molar-refractivity contribution in [1.29, 1.82) is 0 Å². The van der Waals surface area contributed by atoms with Gasteiger partial charge >= 0.3 is 0 Å². The fourth-order valence-corrected chi connectivity index (χ4v) is 3.94. The lowest BCUT2D eigenvalue weighted by Crippen LogP contribution is -2.31. The van der Waals surface area contributed by atoms with Gasteiger partial charge in [-0.25, -0.2) is 4.39 Å². The summed E-state index contributed by atoms with van der Waals surface area (Å²) in [6.45, 7) is 5.46. The van der Waals surface area contributed by atoms with Crippen molar-refractivity contribution < 1.29 is 4.39 Å². The summed E-state index contributed by atoms with van der Waals surface area (Å²) in [5.74, 6) is 1.42. The second-order valence-corrected chi connectivity index (χ2v) is 6.88. The van der Waals surface area contributed by atoms with Crippen LogP contribution in [0.5, 0.6) is 0 Å². The van der Waals surface area contributed by atoms with Crippen LogP contribution in [0.15, 0.2) is 18.2 Å². The summed E-state index contributed by atoms with van der Waals surface area (Å²) >= 11 is 2.26. The molecule has 1 saturated carbocycles. The summed E-state index contributed by atoms with van der Waals surface area (Å²) in [5.41, 5.74) is 1.27. The first-order valence-corrected chi connectivity index (χ1v) is 8.38. The Morgan fingerprint density at radius 3 is 2.58 bits per heavy atom. The molecule has 19 heavy (non-hydrogen) atoms. The zero-order valence-electron chi connectivity index (χ0n) is 11.8. The minimum atomic E-state index is -0.138. The Morgan fingerprint density at radius 2 is 2.00 bits per heavy atom. The van der Waals surface area contributed by atoms with Crippen LogP contribution < -0.4 is 5.32 Å². The third kappa shape index (κ3) is 3.91. The topological polar surface area (TPSA) is 12.0 Å². The lowest BCUT2D eigenvalue weighted by molar-refractivity contribution is 0.232. The molecule has 2 rings (SSSR count). The highest BCUT2D eigenvalue weighted by molar-refractivity contribution is 14.1. The predicted molar refractivity (Wildman–Crippen MR) is 86.7 cm³/mol. The van der Waals surface area contributed by atoms with Gasteiger partial charge in [-0.3, -0.25) is 0 Å². The van der Waals surface area contributed by atoms with E-state index in [1.165, 1.54) is 31.2 Å². The van der Waals surface area contributed by atoms with Gasteiger partial charge in [0.2, 0.25) is 0 Å². The molecular weight excluding hydrogens is 352 g/mol. The van der Waals surface area contributed by atoms with Gasteiger partial charge in [0, 0.05) is 9.61 Å². The molecule has 0 aliphatic heterocycles. The highest BCUT2D eigenvalue weighted by Crippen LogP contribution is 2.38. The number of hydrogen-bond acceptors (Lipinski definition) is 1. The average Bonchev–Trinajstić information content (AvgIpc) is 2.38. The number of benzene rings is 1. The van der Waals surface area contributed by atoms with Gasteiger partial charge < -0.3 is 5.32 Å². The highest BCUT2D eigenvalue weighted by Gasteiger charge is 2.27. The van der Waals surface area contributed by atoms with E-state index in [0.717, 1.165) is 16.0 Å². The third-order valence-electron chi connectivity index (χ3n) is 4.25. The van der Waals surface area contributed by atoms with Crippen LogP contribution in [-0.4, -0.2) is 6.54 Å². The maximum atomic E-state index is 13.3. The molecule has 1 N–H and O–H groups in total. The lowest BCUT2D eigenvalue weighted by atomic mass is 9.77. The summed E-state index contributed by atoms with van der Waals surface area (Å²) in [4.78, 5) is 0. The van der Waals surface area contributed by atoms with Crippen molar-refractivity contribution in [3.05, 3.63) is 33.1 Å². The normalized spacial score (nSPS) is 25.3. The molecule has 0 spiro atoms. The number of halogens is 2. The van der Waals surface area contributed by atoms with E-state index in [0.29, 0.717) is 12.0 Å². The average molecular weight is 375 g/mol. The van der Waals surface area contributed by atoms with E-state index in [2.05, 4.69) is 41.8 Å². The molecule has 1 aromatic carbocycles. The summed E-state index contributed by atoms with van der Waals surface area (Å²) in [6.07, 6.45) is 5.22. The SMILES string of the molecule is CCNC(c1ccc(F)cc1I)C1CCC(C)CC1. The molecule has 0 amide bonds. The maximum absolute atomic E-state index is 13.3. The molecule has 106 valence electrons. The lowest BCUT2D eigenvalue weighted by Gasteiger charge is -2.34. The van der Waals surface area contributed by atoms with Gasteiger partial charge in [0.05, 0.1) is 0 Å². The van der Waals surface area contributed by atoms with Crippen LogP contribution in [0.2, 0.25) is 0 Å². The van der Waals surface area contributed by atoms with Crippen LogP contribution >= 0.6 is 22.6 Å².